The number of carbonyl (C=O) groups is 1. The summed E-state index contributed by atoms with van der Waals surface area (Å²) in [5.74, 6) is 1.50. The summed E-state index contributed by atoms with van der Waals surface area (Å²) in [4.78, 5) is 18.5. The first-order valence-corrected chi connectivity index (χ1v) is 6.97. The molecule has 1 fully saturated rings. The molecule has 18 heavy (non-hydrogen) atoms. The fraction of sp³-hybridized carbons (Fsp3) is 0.385. The molecule has 1 amide bonds. The highest BCUT2D eigenvalue weighted by Gasteiger charge is 2.49. The Kier molecular flexibility index (Phi) is 1.91. The van der Waals surface area contributed by atoms with Crippen LogP contribution in [0.3, 0.4) is 0 Å². The Hall–Kier alpha value is -1.49. The van der Waals surface area contributed by atoms with Crippen molar-refractivity contribution in [3.8, 4) is 5.75 Å². The molecular formula is C13H12N2O2S. The van der Waals surface area contributed by atoms with E-state index in [0.29, 0.717) is 5.75 Å². The third-order valence-corrected chi connectivity index (χ3v) is 4.56. The molecule has 0 saturated carbocycles. The molecule has 4 rings (SSSR count). The third-order valence-electron chi connectivity index (χ3n) is 3.62. The van der Waals surface area contributed by atoms with Gasteiger partial charge in [-0.1, -0.05) is 30.0 Å². The highest BCUT2D eigenvalue weighted by atomic mass is 32.2. The molecule has 1 saturated heterocycles. The van der Waals surface area contributed by atoms with E-state index in [9.17, 15) is 4.79 Å². The minimum Gasteiger partial charge on any atom is -0.466 e. The Morgan fingerprint density at radius 1 is 1.50 bits per heavy atom. The lowest BCUT2D eigenvalue weighted by Gasteiger charge is -2.44. The van der Waals surface area contributed by atoms with Gasteiger partial charge in [-0.05, 0) is 13.0 Å². The number of hydrogen-bond acceptors (Lipinski definition) is 4. The molecule has 0 aromatic heterocycles. The third kappa shape index (κ3) is 1.28. The van der Waals surface area contributed by atoms with Gasteiger partial charge in [0.05, 0.1) is 11.8 Å². The number of thioether (sulfide) groups is 1. The lowest BCUT2D eigenvalue weighted by molar-refractivity contribution is -0.127. The first-order chi connectivity index (χ1) is 8.66. The minimum atomic E-state index is -0.525. The first kappa shape index (κ1) is 10.4. The van der Waals surface area contributed by atoms with Crippen LogP contribution in [0.25, 0.3) is 0 Å². The topological polar surface area (TPSA) is 41.9 Å². The number of amides is 1. The standard InChI is InChI=1S/C13H12N2O2S/c1-13-6-9(8-4-2-3-5-10(8)17-13)15-11(16)7-18-12(15)14-13/h2-5,9H,6-7H2,1H3/t9-,13-/m0/s1. The van der Waals surface area contributed by atoms with Crippen LogP contribution in [0, 0.1) is 0 Å². The molecule has 92 valence electrons. The first-order valence-electron chi connectivity index (χ1n) is 5.99. The van der Waals surface area contributed by atoms with Gasteiger partial charge in [0.25, 0.3) is 0 Å². The number of para-hydroxylation sites is 1. The molecule has 0 spiro atoms. The van der Waals surface area contributed by atoms with Crippen LogP contribution < -0.4 is 4.74 Å². The van der Waals surface area contributed by atoms with E-state index in [0.717, 1.165) is 22.9 Å². The van der Waals surface area contributed by atoms with Gasteiger partial charge in [-0.2, -0.15) is 0 Å². The SMILES string of the molecule is C[C@@]12C[C@@H](c3ccccc3O1)N1C(=O)CSC1=N2. The second-order valence-electron chi connectivity index (χ2n) is 4.98. The van der Waals surface area contributed by atoms with Crippen LogP contribution >= 0.6 is 11.8 Å². The van der Waals surface area contributed by atoms with Crippen molar-refractivity contribution >= 4 is 22.8 Å². The van der Waals surface area contributed by atoms with E-state index < -0.39 is 5.72 Å². The summed E-state index contributed by atoms with van der Waals surface area (Å²) < 4.78 is 5.99. The molecule has 0 aliphatic carbocycles. The molecule has 5 heteroatoms. The predicted octanol–water partition coefficient (Wildman–Crippen LogP) is 2.17. The van der Waals surface area contributed by atoms with E-state index in [2.05, 4.69) is 4.99 Å². The van der Waals surface area contributed by atoms with E-state index in [-0.39, 0.29) is 11.9 Å². The number of aliphatic imine (C=N–C) groups is 1. The zero-order valence-electron chi connectivity index (χ0n) is 9.92. The maximum atomic E-state index is 12.0. The number of fused-ring (bicyclic) bond motifs is 6. The number of benzene rings is 1. The maximum Gasteiger partial charge on any atom is 0.239 e. The van der Waals surface area contributed by atoms with Gasteiger partial charge in [0.15, 0.2) is 5.17 Å². The Morgan fingerprint density at radius 3 is 3.22 bits per heavy atom. The highest BCUT2D eigenvalue weighted by molar-refractivity contribution is 8.15. The lowest BCUT2D eigenvalue weighted by atomic mass is 9.91. The normalized spacial score (nSPS) is 32.5. The van der Waals surface area contributed by atoms with Gasteiger partial charge in [-0.15, -0.1) is 0 Å². The van der Waals surface area contributed by atoms with Crippen LogP contribution in [0.5, 0.6) is 5.75 Å². The molecule has 0 unspecified atom stereocenters. The average Bonchev–Trinajstić information content (AvgIpc) is 2.69. The lowest BCUT2D eigenvalue weighted by Crippen LogP contribution is -2.49. The van der Waals surface area contributed by atoms with Gasteiger partial charge in [0.1, 0.15) is 5.75 Å². The van der Waals surface area contributed by atoms with Crippen LogP contribution in [0.2, 0.25) is 0 Å². The molecular weight excluding hydrogens is 248 g/mol. The van der Waals surface area contributed by atoms with Gasteiger partial charge in [0, 0.05) is 12.0 Å². The van der Waals surface area contributed by atoms with E-state index in [1.54, 1.807) is 0 Å². The average molecular weight is 260 g/mol. The monoisotopic (exact) mass is 260 g/mol. The maximum absolute atomic E-state index is 12.0. The van der Waals surface area contributed by atoms with Gasteiger partial charge >= 0.3 is 0 Å². The summed E-state index contributed by atoms with van der Waals surface area (Å²) in [6, 6.07) is 8.01. The smallest absolute Gasteiger partial charge is 0.239 e. The van der Waals surface area contributed by atoms with E-state index in [4.69, 9.17) is 4.74 Å². The molecule has 3 aliphatic rings. The fourth-order valence-electron chi connectivity index (χ4n) is 2.86. The summed E-state index contributed by atoms with van der Waals surface area (Å²) >= 11 is 1.51. The number of rotatable bonds is 0. The van der Waals surface area contributed by atoms with Crippen LogP contribution in [0.15, 0.2) is 29.3 Å². The van der Waals surface area contributed by atoms with Crippen molar-refractivity contribution in [3.63, 3.8) is 0 Å². The largest absolute Gasteiger partial charge is 0.466 e. The summed E-state index contributed by atoms with van der Waals surface area (Å²) in [6.07, 6.45) is 0.736. The van der Waals surface area contributed by atoms with Crippen molar-refractivity contribution in [1.82, 2.24) is 4.90 Å². The molecule has 2 bridgehead atoms. The molecule has 3 aliphatic heterocycles. The number of ether oxygens (including phenoxy) is 1. The van der Waals surface area contributed by atoms with Gasteiger partial charge in [-0.25, -0.2) is 4.99 Å². The number of hydrogen-bond donors (Lipinski definition) is 0. The van der Waals surface area contributed by atoms with Crippen molar-refractivity contribution in [1.29, 1.82) is 0 Å². The minimum absolute atomic E-state index is 0.0787. The summed E-state index contributed by atoms with van der Waals surface area (Å²) in [5, 5.41) is 0.813. The van der Waals surface area contributed by atoms with Crippen molar-refractivity contribution < 1.29 is 9.53 Å². The molecule has 1 aromatic carbocycles. The van der Waals surface area contributed by atoms with Crippen molar-refractivity contribution in [3.05, 3.63) is 29.8 Å². The van der Waals surface area contributed by atoms with Crippen molar-refractivity contribution in [2.75, 3.05) is 5.75 Å². The van der Waals surface area contributed by atoms with Crippen molar-refractivity contribution in [2.45, 2.75) is 25.1 Å². The predicted molar refractivity (Wildman–Crippen MR) is 69.6 cm³/mol. The quantitative estimate of drug-likeness (QED) is 0.718. The zero-order valence-corrected chi connectivity index (χ0v) is 10.7. The molecule has 4 nitrogen and oxygen atoms in total. The summed E-state index contributed by atoms with van der Waals surface area (Å²) in [6.45, 7) is 1.99. The Balaban J connectivity index is 1.92. The second kappa shape index (κ2) is 3.29. The number of carbonyl (C=O) groups excluding carboxylic acids is 1. The van der Waals surface area contributed by atoms with Crippen LogP contribution in [0.4, 0.5) is 0 Å². The molecule has 3 heterocycles. The molecule has 2 atom stereocenters. The van der Waals surface area contributed by atoms with E-state index >= 15 is 0 Å². The van der Waals surface area contributed by atoms with E-state index in [1.807, 2.05) is 36.1 Å². The van der Waals surface area contributed by atoms with Crippen LogP contribution in [-0.2, 0) is 4.79 Å². The Bertz CT molecular complexity index is 586. The van der Waals surface area contributed by atoms with Crippen molar-refractivity contribution in [2.24, 2.45) is 4.99 Å². The molecule has 1 aromatic rings. The van der Waals surface area contributed by atoms with Crippen LogP contribution in [-0.4, -0.2) is 27.5 Å². The van der Waals surface area contributed by atoms with Gasteiger partial charge in [-0.3, -0.25) is 9.69 Å². The summed E-state index contributed by atoms with van der Waals surface area (Å²) in [5.41, 5.74) is 0.570. The molecule has 0 N–H and O–H groups in total. The Morgan fingerprint density at radius 2 is 2.33 bits per heavy atom. The van der Waals surface area contributed by atoms with E-state index in [1.165, 1.54) is 11.8 Å². The Labute approximate surface area is 109 Å². The highest BCUT2D eigenvalue weighted by Crippen LogP contribution is 2.48. The zero-order chi connectivity index (χ0) is 12.3. The number of nitrogens with zero attached hydrogens (tertiary/aromatic N) is 2. The molecule has 0 radical (unpaired) electrons. The number of amidine groups is 1. The van der Waals surface area contributed by atoms with Crippen LogP contribution in [0.1, 0.15) is 24.9 Å². The van der Waals surface area contributed by atoms with Gasteiger partial charge in [0.2, 0.25) is 11.6 Å². The summed E-state index contributed by atoms with van der Waals surface area (Å²) in [7, 11) is 0. The van der Waals surface area contributed by atoms with Gasteiger partial charge < -0.3 is 4.74 Å². The second-order valence-corrected chi connectivity index (χ2v) is 5.92. The fourth-order valence-corrected chi connectivity index (χ4v) is 3.88.